The second kappa shape index (κ2) is 4.86. The van der Waals surface area contributed by atoms with Crippen molar-refractivity contribution in [2.75, 3.05) is 0 Å². The molecule has 1 aliphatic rings. The highest BCUT2D eigenvalue weighted by Crippen LogP contribution is 2.49. The van der Waals surface area contributed by atoms with Gasteiger partial charge in [0.05, 0.1) is 10.8 Å². The number of β-lactam (4-membered cyclic amide) rings is 1. The number of carbonyl (C=O) groups excluding carboxylic acids is 1. The normalized spacial score (nSPS) is 22.3. The van der Waals surface area contributed by atoms with Crippen molar-refractivity contribution in [2.24, 2.45) is 5.41 Å². The largest absolute Gasteiger partial charge is 0.325 e. The van der Waals surface area contributed by atoms with Gasteiger partial charge < -0.3 is 4.90 Å². The van der Waals surface area contributed by atoms with Crippen molar-refractivity contribution in [3.63, 3.8) is 0 Å². The highest BCUT2D eigenvalue weighted by molar-refractivity contribution is 8.01. The highest BCUT2D eigenvalue weighted by atomic mass is 32.2. The lowest BCUT2D eigenvalue weighted by atomic mass is 9.82. The molecule has 2 rings (SSSR count). The van der Waals surface area contributed by atoms with E-state index < -0.39 is 0 Å². The van der Waals surface area contributed by atoms with Crippen molar-refractivity contribution < 1.29 is 4.79 Å². The number of hydrogen-bond acceptors (Lipinski definition) is 2. The predicted octanol–water partition coefficient (Wildman–Crippen LogP) is 3.91. The van der Waals surface area contributed by atoms with E-state index in [2.05, 4.69) is 46.8 Å². The lowest BCUT2D eigenvalue weighted by Gasteiger charge is -2.54. The summed E-state index contributed by atoms with van der Waals surface area (Å²) in [4.78, 5) is 14.3. The molecular formula is C16H23NOS. The number of likely N-dealkylation sites (tertiary alicyclic amines) is 1. The van der Waals surface area contributed by atoms with Crippen LogP contribution < -0.4 is 0 Å². The number of amides is 1. The molecule has 0 spiro atoms. The van der Waals surface area contributed by atoms with Crippen LogP contribution in [0.15, 0.2) is 30.3 Å². The molecule has 1 saturated heterocycles. The maximum Gasteiger partial charge on any atom is 0.232 e. The molecule has 0 saturated carbocycles. The van der Waals surface area contributed by atoms with E-state index in [4.69, 9.17) is 0 Å². The number of benzene rings is 1. The zero-order valence-electron chi connectivity index (χ0n) is 12.4. The Morgan fingerprint density at radius 1 is 1.21 bits per heavy atom. The highest BCUT2D eigenvalue weighted by Gasteiger charge is 2.55. The quantitative estimate of drug-likeness (QED) is 0.781. The SMILES string of the molecule is CC(C)(C)SC1N(Cc2ccccc2)C(=O)C1(C)C. The van der Waals surface area contributed by atoms with E-state index in [1.165, 1.54) is 5.56 Å². The summed E-state index contributed by atoms with van der Waals surface area (Å²) >= 11 is 1.89. The summed E-state index contributed by atoms with van der Waals surface area (Å²) in [6.07, 6.45) is 0. The van der Waals surface area contributed by atoms with Gasteiger partial charge in [0.15, 0.2) is 0 Å². The summed E-state index contributed by atoms with van der Waals surface area (Å²) in [5.41, 5.74) is 0.957. The molecule has 0 aromatic heterocycles. The van der Waals surface area contributed by atoms with Crippen molar-refractivity contribution in [3.05, 3.63) is 35.9 Å². The summed E-state index contributed by atoms with van der Waals surface area (Å²) in [6, 6.07) is 10.2. The standard InChI is InChI=1S/C16H23NOS/c1-15(2,3)19-14-16(4,5)13(18)17(14)11-12-9-7-6-8-10-12/h6-10,14H,11H2,1-5H3. The second-order valence-electron chi connectivity index (χ2n) is 6.72. The van der Waals surface area contributed by atoms with Crippen molar-refractivity contribution >= 4 is 17.7 Å². The van der Waals surface area contributed by atoms with E-state index in [0.29, 0.717) is 0 Å². The zero-order chi connectivity index (χ0) is 14.3. The first-order valence-electron chi connectivity index (χ1n) is 6.74. The summed E-state index contributed by atoms with van der Waals surface area (Å²) in [5.74, 6) is 0.262. The van der Waals surface area contributed by atoms with E-state index in [0.717, 1.165) is 6.54 Å². The number of carbonyl (C=O) groups is 1. The monoisotopic (exact) mass is 277 g/mol. The molecule has 1 aliphatic heterocycles. The van der Waals surface area contributed by atoms with Gasteiger partial charge in [0.25, 0.3) is 0 Å². The van der Waals surface area contributed by atoms with E-state index in [1.807, 2.05) is 34.9 Å². The minimum Gasteiger partial charge on any atom is -0.325 e. The maximum atomic E-state index is 12.3. The van der Waals surface area contributed by atoms with E-state index in [9.17, 15) is 4.79 Å². The second-order valence-corrected chi connectivity index (χ2v) is 8.63. The molecule has 1 aromatic carbocycles. The number of thioether (sulfide) groups is 1. The van der Waals surface area contributed by atoms with Crippen LogP contribution in [0.1, 0.15) is 40.2 Å². The lowest BCUT2D eigenvalue weighted by molar-refractivity contribution is -0.161. The number of hydrogen-bond donors (Lipinski definition) is 0. The first kappa shape index (κ1) is 14.4. The molecule has 3 heteroatoms. The van der Waals surface area contributed by atoms with Gasteiger partial charge in [-0.2, -0.15) is 0 Å². The first-order chi connectivity index (χ1) is 8.72. The molecule has 1 fully saturated rings. The maximum absolute atomic E-state index is 12.3. The van der Waals surface area contributed by atoms with Gasteiger partial charge in [-0.1, -0.05) is 51.1 Å². The van der Waals surface area contributed by atoms with E-state index in [1.54, 1.807) is 0 Å². The number of nitrogens with zero attached hydrogens (tertiary/aromatic N) is 1. The Morgan fingerprint density at radius 2 is 1.79 bits per heavy atom. The molecule has 1 aromatic rings. The molecule has 0 bridgehead atoms. The molecule has 1 heterocycles. The van der Waals surface area contributed by atoms with Crippen molar-refractivity contribution in [1.29, 1.82) is 0 Å². The van der Waals surface area contributed by atoms with Crippen LogP contribution in [0.25, 0.3) is 0 Å². The van der Waals surface area contributed by atoms with Gasteiger partial charge in [-0.25, -0.2) is 0 Å². The van der Waals surface area contributed by atoms with Crippen LogP contribution in [0.4, 0.5) is 0 Å². The third-order valence-electron chi connectivity index (χ3n) is 3.37. The van der Waals surface area contributed by atoms with Gasteiger partial charge in [0, 0.05) is 11.3 Å². The van der Waals surface area contributed by atoms with Crippen LogP contribution in [0, 0.1) is 5.41 Å². The first-order valence-corrected chi connectivity index (χ1v) is 7.62. The van der Waals surface area contributed by atoms with Crippen LogP contribution in [-0.2, 0) is 11.3 Å². The Labute approximate surface area is 120 Å². The van der Waals surface area contributed by atoms with Crippen LogP contribution in [0.2, 0.25) is 0 Å². The molecule has 0 N–H and O–H groups in total. The minimum atomic E-state index is -0.243. The molecule has 1 unspecified atom stereocenters. The smallest absolute Gasteiger partial charge is 0.232 e. The third-order valence-corrected chi connectivity index (χ3v) is 5.15. The Balaban J connectivity index is 2.13. The van der Waals surface area contributed by atoms with Gasteiger partial charge in [-0.05, 0) is 19.4 Å². The average molecular weight is 277 g/mol. The Morgan fingerprint density at radius 3 is 2.32 bits per heavy atom. The van der Waals surface area contributed by atoms with Gasteiger partial charge in [-0.15, -0.1) is 11.8 Å². The molecule has 19 heavy (non-hydrogen) atoms. The van der Waals surface area contributed by atoms with Gasteiger partial charge in [-0.3, -0.25) is 4.79 Å². The van der Waals surface area contributed by atoms with E-state index in [-0.39, 0.29) is 21.4 Å². The fourth-order valence-electron chi connectivity index (χ4n) is 2.39. The Kier molecular flexibility index (Phi) is 3.69. The van der Waals surface area contributed by atoms with Crippen LogP contribution >= 0.6 is 11.8 Å². The van der Waals surface area contributed by atoms with Gasteiger partial charge in [0.1, 0.15) is 0 Å². The summed E-state index contributed by atoms with van der Waals surface area (Å²) < 4.78 is 0.164. The van der Waals surface area contributed by atoms with Crippen molar-refractivity contribution in [1.82, 2.24) is 4.90 Å². The predicted molar refractivity (Wildman–Crippen MR) is 81.9 cm³/mol. The van der Waals surface area contributed by atoms with Gasteiger partial charge in [0.2, 0.25) is 5.91 Å². The molecule has 2 nitrogen and oxygen atoms in total. The van der Waals surface area contributed by atoms with Crippen molar-refractivity contribution in [3.8, 4) is 0 Å². The van der Waals surface area contributed by atoms with E-state index >= 15 is 0 Å². The Bertz CT molecular complexity index is 461. The fraction of sp³-hybridized carbons (Fsp3) is 0.562. The zero-order valence-corrected chi connectivity index (χ0v) is 13.3. The topological polar surface area (TPSA) is 20.3 Å². The molecule has 0 aliphatic carbocycles. The summed E-state index contributed by atoms with van der Waals surface area (Å²) in [5, 5.41) is 0.264. The summed E-state index contributed by atoms with van der Waals surface area (Å²) in [6.45, 7) is 11.4. The van der Waals surface area contributed by atoms with Crippen molar-refractivity contribution in [2.45, 2.75) is 51.3 Å². The fourth-order valence-corrected chi connectivity index (χ4v) is 3.75. The Hall–Kier alpha value is -0.960. The van der Waals surface area contributed by atoms with Crippen LogP contribution in [0.3, 0.4) is 0 Å². The van der Waals surface area contributed by atoms with Gasteiger partial charge >= 0.3 is 0 Å². The average Bonchev–Trinajstić information content (AvgIpc) is 2.33. The lowest BCUT2D eigenvalue weighted by Crippen LogP contribution is -2.65. The number of rotatable bonds is 3. The molecule has 1 amide bonds. The van der Waals surface area contributed by atoms with Crippen LogP contribution in [0.5, 0.6) is 0 Å². The molecule has 0 radical (unpaired) electrons. The third kappa shape index (κ3) is 2.97. The molecule has 104 valence electrons. The summed E-state index contributed by atoms with van der Waals surface area (Å²) in [7, 11) is 0. The van der Waals surface area contributed by atoms with Crippen LogP contribution in [-0.4, -0.2) is 20.9 Å². The molecular weight excluding hydrogens is 254 g/mol. The minimum absolute atomic E-state index is 0.164. The molecule has 1 atom stereocenters.